The molecular formula is C14H11ClFN7O. The maximum Gasteiger partial charge on any atom is 0.306 e. The molecule has 0 bridgehead atoms. The van der Waals surface area contributed by atoms with Crippen LogP contribution >= 0.6 is 11.6 Å². The van der Waals surface area contributed by atoms with Crippen molar-refractivity contribution in [3.63, 3.8) is 0 Å². The number of aryl methyl sites for hydroxylation is 1. The van der Waals surface area contributed by atoms with E-state index in [0.717, 1.165) is 11.1 Å². The number of methoxy groups -OCH3 is 1. The second-order valence-corrected chi connectivity index (χ2v) is 5.49. The van der Waals surface area contributed by atoms with Crippen molar-refractivity contribution < 1.29 is 9.13 Å². The Morgan fingerprint density at radius 3 is 2.79 bits per heavy atom. The van der Waals surface area contributed by atoms with Crippen LogP contribution in [0.4, 0.5) is 4.39 Å². The number of rotatable bonds is 3. The van der Waals surface area contributed by atoms with Gasteiger partial charge in [0.15, 0.2) is 5.82 Å². The smallest absolute Gasteiger partial charge is 0.306 e. The fraction of sp³-hybridized carbons (Fsp3) is 0.143. The second kappa shape index (κ2) is 5.31. The summed E-state index contributed by atoms with van der Waals surface area (Å²) >= 11 is 6.20. The lowest BCUT2D eigenvalue weighted by Crippen LogP contribution is -1.94. The van der Waals surface area contributed by atoms with Crippen molar-refractivity contribution in [3.8, 4) is 28.5 Å². The number of ether oxygens (including phenoxy) is 1. The van der Waals surface area contributed by atoms with Gasteiger partial charge in [-0.05, 0) is 6.07 Å². The summed E-state index contributed by atoms with van der Waals surface area (Å²) in [4.78, 5) is 7.00. The monoisotopic (exact) mass is 347 g/mol. The molecule has 0 unspecified atom stereocenters. The zero-order chi connectivity index (χ0) is 16.8. The maximum absolute atomic E-state index is 13.3. The molecule has 122 valence electrons. The first kappa shape index (κ1) is 14.6. The Hall–Kier alpha value is -2.94. The number of aromatic amines is 2. The molecule has 0 aromatic carbocycles. The highest BCUT2D eigenvalue weighted by molar-refractivity contribution is 6.32. The minimum Gasteiger partial charge on any atom is -0.480 e. The molecule has 0 aliphatic heterocycles. The Balaban J connectivity index is 2.14. The lowest BCUT2D eigenvalue weighted by molar-refractivity contribution is 0.400. The fourth-order valence-electron chi connectivity index (χ4n) is 2.73. The lowest BCUT2D eigenvalue weighted by atomic mass is 10.1. The summed E-state index contributed by atoms with van der Waals surface area (Å²) in [5.74, 6) is 0.578. The standard InChI is InChI=1S/C14H11ClFN7O/c1-23-8-3-7(15)13(24-2)19-10(8)9(6-4-17-18-5-6)11(23)12-20-14(16)22-21-12/h3-5H,1-2H3,(H,17,18)(H,20,21,22). The number of hydrogen-bond acceptors (Lipinski definition) is 5. The molecule has 0 amide bonds. The summed E-state index contributed by atoms with van der Waals surface area (Å²) < 4.78 is 20.4. The SMILES string of the molecule is COc1nc2c(-c3cn[nH]c3)c(-c3nnc(F)[nH]3)n(C)c2cc1Cl. The van der Waals surface area contributed by atoms with E-state index in [0.29, 0.717) is 27.7 Å². The second-order valence-electron chi connectivity index (χ2n) is 5.08. The molecule has 0 saturated carbocycles. The third-order valence-electron chi connectivity index (χ3n) is 3.76. The van der Waals surface area contributed by atoms with Gasteiger partial charge in [0, 0.05) is 24.4 Å². The lowest BCUT2D eigenvalue weighted by Gasteiger charge is -2.03. The van der Waals surface area contributed by atoms with Gasteiger partial charge in [-0.2, -0.15) is 9.49 Å². The van der Waals surface area contributed by atoms with E-state index >= 15 is 0 Å². The van der Waals surface area contributed by atoms with E-state index < -0.39 is 6.08 Å². The first-order valence-corrected chi connectivity index (χ1v) is 7.28. The molecule has 0 saturated heterocycles. The zero-order valence-corrected chi connectivity index (χ0v) is 13.4. The number of hydrogen-bond donors (Lipinski definition) is 2. The molecule has 0 aliphatic carbocycles. The summed E-state index contributed by atoms with van der Waals surface area (Å²) in [7, 11) is 3.30. The number of pyridine rings is 1. The quantitative estimate of drug-likeness (QED) is 0.593. The van der Waals surface area contributed by atoms with Gasteiger partial charge < -0.3 is 9.30 Å². The van der Waals surface area contributed by atoms with Crippen molar-refractivity contribution in [1.82, 2.24) is 34.9 Å². The number of halogens is 2. The Morgan fingerprint density at radius 1 is 1.33 bits per heavy atom. The highest BCUT2D eigenvalue weighted by Crippen LogP contribution is 2.40. The highest BCUT2D eigenvalue weighted by Gasteiger charge is 2.24. The third kappa shape index (κ3) is 2.05. The Morgan fingerprint density at radius 2 is 2.17 bits per heavy atom. The molecule has 4 rings (SSSR count). The third-order valence-corrected chi connectivity index (χ3v) is 4.03. The van der Waals surface area contributed by atoms with E-state index in [9.17, 15) is 4.39 Å². The largest absolute Gasteiger partial charge is 0.480 e. The summed E-state index contributed by atoms with van der Waals surface area (Å²) in [5.41, 5.74) is 3.46. The molecule has 0 fully saturated rings. The van der Waals surface area contributed by atoms with Gasteiger partial charge in [0.25, 0.3) is 0 Å². The molecule has 24 heavy (non-hydrogen) atoms. The van der Waals surface area contributed by atoms with Gasteiger partial charge in [0.2, 0.25) is 5.88 Å². The Bertz CT molecular complexity index is 1040. The maximum atomic E-state index is 13.3. The molecular weight excluding hydrogens is 337 g/mol. The van der Waals surface area contributed by atoms with Crippen LogP contribution in [0.5, 0.6) is 5.88 Å². The van der Waals surface area contributed by atoms with Crippen molar-refractivity contribution in [2.75, 3.05) is 7.11 Å². The van der Waals surface area contributed by atoms with Crippen LogP contribution in [0.2, 0.25) is 5.02 Å². The zero-order valence-electron chi connectivity index (χ0n) is 12.6. The van der Waals surface area contributed by atoms with E-state index in [-0.39, 0.29) is 5.82 Å². The van der Waals surface area contributed by atoms with Crippen LogP contribution in [0, 0.1) is 6.08 Å². The molecule has 0 spiro atoms. The van der Waals surface area contributed by atoms with Crippen LogP contribution in [-0.2, 0) is 7.05 Å². The molecule has 0 aliphatic rings. The van der Waals surface area contributed by atoms with Crippen LogP contribution in [0.3, 0.4) is 0 Å². The molecule has 0 radical (unpaired) electrons. The van der Waals surface area contributed by atoms with Crippen LogP contribution in [0.1, 0.15) is 0 Å². The minimum atomic E-state index is -0.767. The molecule has 8 nitrogen and oxygen atoms in total. The van der Waals surface area contributed by atoms with Gasteiger partial charge in [0.05, 0.1) is 24.5 Å². The van der Waals surface area contributed by atoms with Crippen LogP contribution in [0.15, 0.2) is 18.5 Å². The predicted octanol–water partition coefficient (Wildman–Crippen LogP) is 2.55. The van der Waals surface area contributed by atoms with E-state index in [1.54, 1.807) is 18.5 Å². The number of nitrogens with zero attached hydrogens (tertiary/aromatic N) is 5. The average molecular weight is 348 g/mol. The number of H-pyrrole nitrogens is 2. The number of nitrogens with one attached hydrogen (secondary N) is 2. The topological polar surface area (TPSA) is 97.3 Å². The van der Waals surface area contributed by atoms with Crippen molar-refractivity contribution in [3.05, 3.63) is 29.6 Å². The molecule has 4 aromatic heterocycles. The summed E-state index contributed by atoms with van der Waals surface area (Å²) in [6.07, 6.45) is 2.60. The fourth-order valence-corrected chi connectivity index (χ4v) is 2.95. The average Bonchev–Trinajstić information content (AvgIpc) is 3.27. The number of aromatic nitrogens is 7. The van der Waals surface area contributed by atoms with Crippen LogP contribution < -0.4 is 4.74 Å². The van der Waals surface area contributed by atoms with Crippen LogP contribution in [-0.4, -0.2) is 42.0 Å². The van der Waals surface area contributed by atoms with Crippen molar-refractivity contribution in [1.29, 1.82) is 0 Å². The van der Waals surface area contributed by atoms with E-state index in [2.05, 4.69) is 30.4 Å². The van der Waals surface area contributed by atoms with Crippen LogP contribution in [0.25, 0.3) is 33.7 Å². The molecule has 0 atom stereocenters. The van der Waals surface area contributed by atoms with E-state index in [4.69, 9.17) is 16.3 Å². The summed E-state index contributed by atoms with van der Waals surface area (Å²) in [5, 5.41) is 14.4. The Labute approximate surface area is 139 Å². The predicted molar refractivity (Wildman–Crippen MR) is 85.2 cm³/mol. The molecule has 4 aromatic rings. The molecule has 10 heteroatoms. The molecule has 4 heterocycles. The first-order chi connectivity index (χ1) is 11.6. The van der Waals surface area contributed by atoms with Gasteiger partial charge in [-0.15, -0.1) is 5.10 Å². The van der Waals surface area contributed by atoms with E-state index in [1.165, 1.54) is 7.11 Å². The number of fused-ring (bicyclic) bond motifs is 1. The van der Waals surface area contributed by atoms with Gasteiger partial charge in [-0.1, -0.05) is 16.7 Å². The van der Waals surface area contributed by atoms with Gasteiger partial charge >= 0.3 is 6.08 Å². The van der Waals surface area contributed by atoms with Gasteiger partial charge in [-0.25, -0.2) is 4.98 Å². The van der Waals surface area contributed by atoms with Gasteiger partial charge in [-0.3, -0.25) is 10.1 Å². The normalized spacial score (nSPS) is 11.3. The van der Waals surface area contributed by atoms with Crippen molar-refractivity contribution in [2.24, 2.45) is 7.05 Å². The summed E-state index contributed by atoms with van der Waals surface area (Å²) in [6, 6.07) is 1.74. The minimum absolute atomic E-state index is 0.277. The Kier molecular flexibility index (Phi) is 3.24. The van der Waals surface area contributed by atoms with E-state index in [1.807, 2.05) is 11.6 Å². The summed E-state index contributed by atoms with van der Waals surface area (Å²) in [6.45, 7) is 0. The van der Waals surface area contributed by atoms with Crippen molar-refractivity contribution >= 4 is 22.6 Å². The van der Waals surface area contributed by atoms with Crippen molar-refractivity contribution in [2.45, 2.75) is 0 Å². The molecule has 2 N–H and O–H groups in total. The first-order valence-electron chi connectivity index (χ1n) is 6.90. The highest BCUT2D eigenvalue weighted by atomic mass is 35.5. The van der Waals surface area contributed by atoms with Gasteiger partial charge in [0.1, 0.15) is 10.5 Å².